The van der Waals surface area contributed by atoms with Crippen LogP contribution in [0.4, 0.5) is 0 Å². The van der Waals surface area contributed by atoms with E-state index in [4.69, 9.17) is 0 Å². The van der Waals surface area contributed by atoms with Crippen molar-refractivity contribution in [3.63, 3.8) is 0 Å². The SMILES string of the molecule is CCCC(CCC)C(NC)C(C)C. The van der Waals surface area contributed by atoms with Gasteiger partial charge in [0.1, 0.15) is 0 Å². The first-order valence-corrected chi connectivity index (χ1v) is 5.84. The van der Waals surface area contributed by atoms with Crippen LogP contribution in [0.1, 0.15) is 53.4 Å². The van der Waals surface area contributed by atoms with E-state index in [2.05, 4.69) is 40.1 Å². The van der Waals surface area contributed by atoms with Gasteiger partial charge in [-0.05, 0) is 31.7 Å². The zero-order valence-corrected chi connectivity index (χ0v) is 10.1. The number of rotatable bonds is 7. The largest absolute Gasteiger partial charge is 0.316 e. The summed E-state index contributed by atoms with van der Waals surface area (Å²) in [6, 6.07) is 0.708. The number of hydrogen-bond acceptors (Lipinski definition) is 1. The second-order valence-corrected chi connectivity index (χ2v) is 4.40. The zero-order chi connectivity index (χ0) is 10.3. The van der Waals surface area contributed by atoms with Crippen molar-refractivity contribution >= 4 is 0 Å². The summed E-state index contributed by atoms with van der Waals surface area (Å²) >= 11 is 0. The Morgan fingerprint density at radius 1 is 1.00 bits per heavy atom. The molecule has 0 heterocycles. The average molecular weight is 185 g/mol. The molecule has 0 bridgehead atoms. The van der Waals surface area contributed by atoms with Crippen molar-refractivity contribution in [2.75, 3.05) is 7.05 Å². The van der Waals surface area contributed by atoms with Crippen molar-refractivity contribution in [2.24, 2.45) is 11.8 Å². The van der Waals surface area contributed by atoms with Gasteiger partial charge < -0.3 is 5.32 Å². The zero-order valence-electron chi connectivity index (χ0n) is 10.1. The van der Waals surface area contributed by atoms with Crippen LogP contribution in [0.5, 0.6) is 0 Å². The minimum Gasteiger partial charge on any atom is -0.316 e. The normalized spacial score (nSPS) is 14.1. The molecule has 1 unspecified atom stereocenters. The second-order valence-electron chi connectivity index (χ2n) is 4.40. The Labute approximate surface area is 84.3 Å². The lowest BCUT2D eigenvalue weighted by atomic mass is 9.84. The smallest absolute Gasteiger partial charge is 0.0115 e. The first-order valence-electron chi connectivity index (χ1n) is 5.84. The Morgan fingerprint density at radius 2 is 1.46 bits per heavy atom. The minimum absolute atomic E-state index is 0.708. The lowest BCUT2D eigenvalue weighted by Gasteiger charge is -2.29. The molecule has 0 aliphatic heterocycles. The van der Waals surface area contributed by atoms with Gasteiger partial charge >= 0.3 is 0 Å². The monoisotopic (exact) mass is 185 g/mol. The Balaban J connectivity index is 4.11. The fourth-order valence-electron chi connectivity index (χ4n) is 2.36. The predicted octanol–water partition coefficient (Wildman–Crippen LogP) is 3.45. The van der Waals surface area contributed by atoms with E-state index in [-0.39, 0.29) is 0 Å². The van der Waals surface area contributed by atoms with E-state index in [9.17, 15) is 0 Å². The van der Waals surface area contributed by atoms with Crippen LogP contribution < -0.4 is 5.32 Å². The molecule has 0 aromatic rings. The molecule has 1 atom stereocenters. The number of nitrogens with one attached hydrogen (secondary N) is 1. The molecule has 1 heteroatoms. The van der Waals surface area contributed by atoms with Crippen molar-refractivity contribution in [1.82, 2.24) is 5.32 Å². The van der Waals surface area contributed by atoms with Gasteiger partial charge in [-0.3, -0.25) is 0 Å². The molecule has 0 saturated carbocycles. The molecule has 0 amide bonds. The van der Waals surface area contributed by atoms with Gasteiger partial charge in [-0.15, -0.1) is 0 Å². The van der Waals surface area contributed by atoms with Crippen LogP contribution in [0, 0.1) is 11.8 Å². The van der Waals surface area contributed by atoms with Crippen molar-refractivity contribution < 1.29 is 0 Å². The highest BCUT2D eigenvalue weighted by molar-refractivity contribution is 4.77. The third kappa shape index (κ3) is 4.66. The average Bonchev–Trinajstić information content (AvgIpc) is 2.05. The van der Waals surface area contributed by atoms with Gasteiger partial charge in [0.2, 0.25) is 0 Å². The fourth-order valence-corrected chi connectivity index (χ4v) is 2.36. The van der Waals surface area contributed by atoms with Crippen LogP contribution in [-0.4, -0.2) is 13.1 Å². The van der Waals surface area contributed by atoms with E-state index in [0.29, 0.717) is 6.04 Å². The van der Waals surface area contributed by atoms with Crippen LogP contribution >= 0.6 is 0 Å². The van der Waals surface area contributed by atoms with Crippen molar-refractivity contribution in [3.05, 3.63) is 0 Å². The molecule has 1 nitrogen and oxygen atoms in total. The first kappa shape index (κ1) is 13.0. The highest BCUT2D eigenvalue weighted by Gasteiger charge is 2.20. The Hall–Kier alpha value is -0.0400. The fraction of sp³-hybridized carbons (Fsp3) is 1.00. The predicted molar refractivity (Wildman–Crippen MR) is 61.0 cm³/mol. The lowest BCUT2D eigenvalue weighted by molar-refractivity contribution is 0.265. The molecular weight excluding hydrogens is 158 g/mol. The maximum Gasteiger partial charge on any atom is 0.0115 e. The minimum atomic E-state index is 0.708. The summed E-state index contributed by atoms with van der Waals surface area (Å²) in [5.74, 6) is 1.63. The Bertz CT molecular complexity index is 104. The van der Waals surface area contributed by atoms with Crippen LogP contribution in [0.25, 0.3) is 0 Å². The molecule has 0 aromatic heterocycles. The molecule has 0 fully saturated rings. The maximum absolute atomic E-state index is 3.47. The molecule has 0 aliphatic rings. The van der Waals surface area contributed by atoms with Crippen molar-refractivity contribution in [3.8, 4) is 0 Å². The van der Waals surface area contributed by atoms with E-state index in [1.807, 2.05) is 0 Å². The molecule has 0 radical (unpaired) electrons. The van der Waals surface area contributed by atoms with Gasteiger partial charge in [0, 0.05) is 6.04 Å². The van der Waals surface area contributed by atoms with E-state index < -0.39 is 0 Å². The third-order valence-corrected chi connectivity index (χ3v) is 2.88. The van der Waals surface area contributed by atoms with E-state index in [1.54, 1.807) is 0 Å². The van der Waals surface area contributed by atoms with Crippen molar-refractivity contribution in [2.45, 2.75) is 59.4 Å². The van der Waals surface area contributed by atoms with Crippen LogP contribution in [0.3, 0.4) is 0 Å². The summed E-state index contributed by atoms with van der Waals surface area (Å²) in [4.78, 5) is 0. The van der Waals surface area contributed by atoms with Gasteiger partial charge in [0.25, 0.3) is 0 Å². The summed E-state index contributed by atoms with van der Waals surface area (Å²) in [6.45, 7) is 9.21. The molecule has 0 spiro atoms. The van der Waals surface area contributed by atoms with Crippen LogP contribution in [0.2, 0.25) is 0 Å². The molecule has 1 N–H and O–H groups in total. The quantitative estimate of drug-likeness (QED) is 0.640. The van der Waals surface area contributed by atoms with Gasteiger partial charge in [-0.25, -0.2) is 0 Å². The summed E-state index contributed by atoms with van der Waals surface area (Å²) in [6.07, 6.45) is 5.38. The van der Waals surface area contributed by atoms with Gasteiger partial charge in [0.15, 0.2) is 0 Å². The Kier molecular flexibility index (Phi) is 7.35. The molecule has 0 aromatic carbocycles. The van der Waals surface area contributed by atoms with E-state index in [1.165, 1.54) is 25.7 Å². The second kappa shape index (κ2) is 7.37. The number of hydrogen-bond donors (Lipinski definition) is 1. The summed E-state index contributed by atoms with van der Waals surface area (Å²) in [5.41, 5.74) is 0. The van der Waals surface area contributed by atoms with Crippen LogP contribution in [-0.2, 0) is 0 Å². The molecule has 13 heavy (non-hydrogen) atoms. The highest BCUT2D eigenvalue weighted by atomic mass is 14.9. The molecule has 80 valence electrons. The van der Waals surface area contributed by atoms with E-state index in [0.717, 1.165) is 11.8 Å². The summed E-state index contributed by atoms with van der Waals surface area (Å²) < 4.78 is 0. The molecule has 0 rings (SSSR count). The Morgan fingerprint density at radius 3 is 1.69 bits per heavy atom. The van der Waals surface area contributed by atoms with E-state index >= 15 is 0 Å². The van der Waals surface area contributed by atoms with Gasteiger partial charge in [-0.2, -0.15) is 0 Å². The maximum atomic E-state index is 3.47. The standard InChI is InChI=1S/C12H27N/c1-6-8-11(9-7-2)12(13-5)10(3)4/h10-13H,6-9H2,1-5H3. The van der Waals surface area contributed by atoms with Crippen LogP contribution in [0.15, 0.2) is 0 Å². The molecule has 0 saturated heterocycles. The first-order chi connectivity index (χ1) is 6.17. The topological polar surface area (TPSA) is 12.0 Å². The lowest BCUT2D eigenvalue weighted by Crippen LogP contribution is -2.38. The highest BCUT2D eigenvalue weighted by Crippen LogP contribution is 2.22. The van der Waals surface area contributed by atoms with Crippen molar-refractivity contribution in [1.29, 1.82) is 0 Å². The third-order valence-electron chi connectivity index (χ3n) is 2.88. The van der Waals surface area contributed by atoms with Gasteiger partial charge in [-0.1, -0.05) is 40.5 Å². The molecule has 0 aliphatic carbocycles. The van der Waals surface area contributed by atoms with Gasteiger partial charge in [0.05, 0.1) is 0 Å². The summed E-state index contributed by atoms with van der Waals surface area (Å²) in [7, 11) is 2.10. The molecular formula is C12H27N. The summed E-state index contributed by atoms with van der Waals surface area (Å²) in [5, 5.41) is 3.47.